The Balaban J connectivity index is 1.42. The molecular formula is C25H30N4O4. The van der Waals surface area contributed by atoms with Crippen LogP contribution in [-0.2, 0) is 4.79 Å². The molecule has 2 aromatic carbocycles. The fraction of sp³-hybridized carbons (Fsp3) is 0.440. The van der Waals surface area contributed by atoms with E-state index in [4.69, 9.17) is 0 Å². The van der Waals surface area contributed by atoms with Gasteiger partial charge in [-0.15, -0.1) is 0 Å². The van der Waals surface area contributed by atoms with Crippen molar-refractivity contribution in [2.24, 2.45) is 11.8 Å². The second-order valence-electron chi connectivity index (χ2n) is 9.21. The molecule has 2 aliphatic rings. The number of nitro groups is 1. The molecule has 2 fully saturated rings. The molecule has 1 unspecified atom stereocenters. The van der Waals surface area contributed by atoms with Gasteiger partial charge in [-0.25, -0.2) is 0 Å². The van der Waals surface area contributed by atoms with E-state index in [1.807, 2.05) is 36.1 Å². The van der Waals surface area contributed by atoms with Gasteiger partial charge in [-0.1, -0.05) is 19.1 Å². The van der Waals surface area contributed by atoms with Gasteiger partial charge < -0.3 is 15.5 Å². The van der Waals surface area contributed by atoms with Crippen molar-refractivity contribution in [3.8, 4) is 0 Å². The largest absolute Gasteiger partial charge is 0.366 e. The van der Waals surface area contributed by atoms with Crippen LogP contribution < -0.4 is 15.5 Å². The lowest BCUT2D eigenvalue weighted by atomic mass is 9.98. The minimum absolute atomic E-state index is 0.0411. The lowest BCUT2D eigenvalue weighted by Crippen LogP contribution is -2.33. The number of nitrogens with zero attached hydrogens (tertiary/aromatic N) is 2. The summed E-state index contributed by atoms with van der Waals surface area (Å²) in [5, 5.41) is 17.5. The molecule has 1 aliphatic carbocycles. The zero-order valence-electron chi connectivity index (χ0n) is 19.0. The summed E-state index contributed by atoms with van der Waals surface area (Å²) in [7, 11) is 0. The van der Waals surface area contributed by atoms with Gasteiger partial charge in [-0.2, -0.15) is 0 Å². The predicted molar refractivity (Wildman–Crippen MR) is 127 cm³/mol. The molecule has 0 bridgehead atoms. The van der Waals surface area contributed by atoms with Gasteiger partial charge in [0.2, 0.25) is 5.91 Å². The summed E-state index contributed by atoms with van der Waals surface area (Å²) in [6, 6.07) is 11.8. The Morgan fingerprint density at radius 2 is 1.73 bits per heavy atom. The SMILES string of the molecule is CC1CCN(c2ccc(C(=O)NC(C)c3ccc(NC(=O)C4CC4)cc3)cc2[N+](=O)[O-])CC1. The Morgan fingerprint density at radius 3 is 2.33 bits per heavy atom. The van der Waals surface area contributed by atoms with Crippen LogP contribution >= 0.6 is 0 Å². The maximum absolute atomic E-state index is 12.8. The van der Waals surface area contributed by atoms with Gasteiger partial charge in [-0.05, 0) is 68.4 Å². The second kappa shape index (κ2) is 9.60. The Labute approximate surface area is 193 Å². The number of nitro benzene ring substituents is 1. The molecule has 2 N–H and O–H groups in total. The highest BCUT2D eigenvalue weighted by Crippen LogP contribution is 2.33. The first kappa shape index (κ1) is 22.8. The number of anilines is 2. The van der Waals surface area contributed by atoms with Crippen LogP contribution in [0.2, 0.25) is 0 Å². The van der Waals surface area contributed by atoms with Crippen molar-refractivity contribution in [1.82, 2.24) is 5.32 Å². The minimum Gasteiger partial charge on any atom is -0.366 e. The number of nitrogens with one attached hydrogen (secondary N) is 2. The number of carbonyl (C=O) groups is 2. The van der Waals surface area contributed by atoms with Crippen molar-refractivity contribution in [2.75, 3.05) is 23.3 Å². The molecule has 0 aromatic heterocycles. The van der Waals surface area contributed by atoms with Crippen LogP contribution in [0, 0.1) is 22.0 Å². The Bertz CT molecular complexity index is 1040. The molecule has 1 saturated heterocycles. The number of hydrogen-bond donors (Lipinski definition) is 2. The van der Waals surface area contributed by atoms with Gasteiger partial charge >= 0.3 is 0 Å². The summed E-state index contributed by atoms with van der Waals surface area (Å²) in [5.41, 5.74) is 2.39. The zero-order chi connectivity index (χ0) is 23.5. The van der Waals surface area contributed by atoms with E-state index >= 15 is 0 Å². The van der Waals surface area contributed by atoms with Crippen molar-refractivity contribution >= 4 is 28.9 Å². The van der Waals surface area contributed by atoms with Gasteiger partial charge in [-0.3, -0.25) is 19.7 Å². The third kappa shape index (κ3) is 5.50. The Kier molecular flexibility index (Phi) is 6.62. The Morgan fingerprint density at radius 1 is 1.06 bits per heavy atom. The highest BCUT2D eigenvalue weighted by molar-refractivity contribution is 5.96. The topological polar surface area (TPSA) is 105 Å². The summed E-state index contributed by atoms with van der Waals surface area (Å²) in [5.74, 6) is 0.441. The number of amides is 2. The lowest BCUT2D eigenvalue weighted by molar-refractivity contribution is -0.384. The summed E-state index contributed by atoms with van der Waals surface area (Å²) >= 11 is 0. The molecule has 2 amide bonds. The van der Waals surface area contributed by atoms with E-state index in [0.29, 0.717) is 11.6 Å². The second-order valence-corrected chi connectivity index (χ2v) is 9.21. The first-order chi connectivity index (χ1) is 15.8. The molecular weight excluding hydrogens is 420 g/mol. The van der Waals surface area contributed by atoms with Crippen molar-refractivity contribution < 1.29 is 14.5 Å². The third-order valence-electron chi connectivity index (χ3n) is 6.53. The molecule has 33 heavy (non-hydrogen) atoms. The normalized spacial score (nSPS) is 17.3. The van der Waals surface area contributed by atoms with Crippen LogP contribution in [0.1, 0.15) is 61.5 Å². The van der Waals surface area contributed by atoms with Gasteiger partial charge in [0.1, 0.15) is 5.69 Å². The average Bonchev–Trinajstić information content (AvgIpc) is 3.65. The highest BCUT2D eigenvalue weighted by Gasteiger charge is 2.29. The first-order valence-corrected chi connectivity index (χ1v) is 11.6. The van der Waals surface area contributed by atoms with Crippen LogP contribution in [0.5, 0.6) is 0 Å². The molecule has 1 atom stereocenters. The molecule has 1 heterocycles. The lowest BCUT2D eigenvalue weighted by Gasteiger charge is -2.31. The van der Waals surface area contributed by atoms with Crippen LogP contribution in [0.25, 0.3) is 0 Å². The molecule has 1 aliphatic heterocycles. The van der Waals surface area contributed by atoms with Crippen LogP contribution in [-0.4, -0.2) is 29.8 Å². The molecule has 2 aromatic rings. The standard InChI is InChI=1S/C25H30N4O4/c1-16-11-13-28(14-12-16)22-10-7-20(15-23(22)29(32)33)25(31)26-17(2)18-5-8-21(9-6-18)27-24(30)19-3-4-19/h5-10,15-17,19H,3-4,11-14H2,1-2H3,(H,26,31)(H,27,30). The molecule has 4 rings (SSSR count). The van der Waals surface area contributed by atoms with Crippen molar-refractivity contribution in [2.45, 2.75) is 45.6 Å². The minimum atomic E-state index is -0.414. The van der Waals surface area contributed by atoms with E-state index in [2.05, 4.69) is 17.6 Å². The van der Waals surface area contributed by atoms with Gasteiger partial charge in [0.05, 0.1) is 11.0 Å². The number of benzene rings is 2. The summed E-state index contributed by atoms with van der Waals surface area (Å²) in [6.07, 6.45) is 3.90. The quantitative estimate of drug-likeness (QED) is 0.471. The molecule has 0 radical (unpaired) electrons. The number of piperidine rings is 1. The highest BCUT2D eigenvalue weighted by atomic mass is 16.6. The summed E-state index contributed by atoms with van der Waals surface area (Å²) in [4.78, 5) is 38.1. The molecule has 8 nitrogen and oxygen atoms in total. The number of rotatable bonds is 7. The third-order valence-corrected chi connectivity index (χ3v) is 6.53. The van der Waals surface area contributed by atoms with E-state index in [9.17, 15) is 19.7 Å². The maximum Gasteiger partial charge on any atom is 0.293 e. The predicted octanol–water partition coefficient (Wildman–Crippen LogP) is 4.67. The summed E-state index contributed by atoms with van der Waals surface area (Å²) < 4.78 is 0. The smallest absolute Gasteiger partial charge is 0.293 e. The van der Waals surface area contributed by atoms with Gasteiger partial charge in [0.15, 0.2) is 0 Å². The van der Waals surface area contributed by atoms with E-state index in [-0.39, 0.29) is 35.0 Å². The van der Waals surface area contributed by atoms with Crippen LogP contribution in [0.15, 0.2) is 42.5 Å². The van der Waals surface area contributed by atoms with E-state index < -0.39 is 4.92 Å². The number of carbonyl (C=O) groups excluding carboxylic acids is 2. The summed E-state index contributed by atoms with van der Waals surface area (Å²) in [6.45, 7) is 5.61. The van der Waals surface area contributed by atoms with Crippen molar-refractivity contribution in [3.63, 3.8) is 0 Å². The van der Waals surface area contributed by atoms with Gasteiger partial charge in [0, 0.05) is 36.3 Å². The van der Waals surface area contributed by atoms with Gasteiger partial charge in [0.25, 0.3) is 11.6 Å². The molecule has 1 saturated carbocycles. The maximum atomic E-state index is 12.8. The Hall–Kier alpha value is -3.42. The fourth-order valence-corrected chi connectivity index (χ4v) is 4.14. The average molecular weight is 451 g/mol. The molecule has 8 heteroatoms. The molecule has 174 valence electrons. The van der Waals surface area contributed by atoms with Crippen molar-refractivity contribution in [1.29, 1.82) is 0 Å². The van der Waals surface area contributed by atoms with Crippen LogP contribution in [0.4, 0.5) is 17.1 Å². The fourth-order valence-electron chi connectivity index (χ4n) is 4.14. The van der Waals surface area contributed by atoms with E-state index in [0.717, 1.165) is 50.0 Å². The van der Waals surface area contributed by atoms with Crippen LogP contribution in [0.3, 0.4) is 0 Å². The van der Waals surface area contributed by atoms with E-state index in [1.54, 1.807) is 12.1 Å². The zero-order valence-corrected chi connectivity index (χ0v) is 19.0. The van der Waals surface area contributed by atoms with Crippen molar-refractivity contribution in [3.05, 3.63) is 63.7 Å². The van der Waals surface area contributed by atoms with E-state index in [1.165, 1.54) is 6.07 Å². The molecule has 0 spiro atoms. The monoisotopic (exact) mass is 450 g/mol. The first-order valence-electron chi connectivity index (χ1n) is 11.6. The number of hydrogen-bond acceptors (Lipinski definition) is 5.